The number of anilines is 2. The first kappa shape index (κ1) is 20.1. The molecule has 0 aliphatic heterocycles. The van der Waals surface area contributed by atoms with Crippen LogP contribution in [0.5, 0.6) is 5.75 Å². The first-order valence-electron chi connectivity index (χ1n) is 9.58. The van der Waals surface area contributed by atoms with Crippen LogP contribution in [0.15, 0.2) is 78.9 Å². The smallest absolute Gasteiger partial charge is 0.265 e. The zero-order valence-corrected chi connectivity index (χ0v) is 16.5. The number of aryl methyl sites for hydroxylation is 1. The summed E-state index contributed by atoms with van der Waals surface area (Å²) in [6.07, 6.45) is 0.228. The number of carbonyl (C=O) groups excluding carboxylic acids is 2. The van der Waals surface area contributed by atoms with E-state index < -0.39 is 6.10 Å². The monoisotopic (exact) mass is 388 g/mol. The van der Waals surface area contributed by atoms with Gasteiger partial charge in [-0.2, -0.15) is 0 Å². The fourth-order valence-corrected chi connectivity index (χ4v) is 2.81. The van der Waals surface area contributed by atoms with Crippen molar-refractivity contribution in [1.29, 1.82) is 0 Å². The van der Waals surface area contributed by atoms with Crippen LogP contribution < -0.4 is 15.4 Å². The van der Waals surface area contributed by atoms with E-state index >= 15 is 0 Å². The molecular formula is C24H24N2O3. The maximum absolute atomic E-state index is 12.6. The summed E-state index contributed by atoms with van der Waals surface area (Å²) < 4.78 is 5.73. The average Bonchev–Trinajstić information content (AvgIpc) is 2.75. The van der Waals surface area contributed by atoms with Crippen LogP contribution in [0.2, 0.25) is 0 Å². The molecular weight excluding hydrogens is 364 g/mol. The van der Waals surface area contributed by atoms with Gasteiger partial charge in [-0.25, -0.2) is 0 Å². The molecule has 0 spiro atoms. The van der Waals surface area contributed by atoms with Gasteiger partial charge in [0, 0.05) is 5.69 Å². The van der Waals surface area contributed by atoms with Gasteiger partial charge >= 0.3 is 0 Å². The lowest BCUT2D eigenvalue weighted by molar-refractivity contribution is -0.122. The normalized spacial score (nSPS) is 11.4. The third kappa shape index (κ3) is 5.45. The summed E-state index contributed by atoms with van der Waals surface area (Å²) in [6, 6.07) is 23.7. The van der Waals surface area contributed by atoms with Gasteiger partial charge in [-0.15, -0.1) is 0 Å². The van der Waals surface area contributed by atoms with Gasteiger partial charge in [0.05, 0.1) is 11.3 Å². The topological polar surface area (TPSA) is 67.4 Å². The maximum atomic E-state index is 12.6. The molecule has 29 heavy (non-hydrogen) atoms. The zero-order valence-electron chi connectivity index (χ0n) is 16.5. The number of amides is 2. The van der Waals surface area contributed by atoms with Gasteiger partial charge < -0.3 is 15.4 Å². The van der Waals surface area contributed by atoms with Crippen molar-refractivity contribution in [2.24, 2.45) is 0 Å². The molecule has 2 N–H and O–H groups in total. The van der Waals surface area contributed by atoms with Crippen molar-refractivity contribution in [2.45, 2.75) is 26.4 Å². The summed E-state index contributed by atoms with van der Waals surface area (Å²) in [5.41, 5.74) is 2.70. The minimum Gasteiger partial charge on any atom is -0.481 e. The van der Waals surface area contributed by atoms with E-state index in [9.17, 15) is 9.59 Å². The highest BCUT2D eigenvalue weighted by Gasteiger charge is 2.18. The largest absolute Gasteiger partial charge is 0.481 e. The Hall–Kier alpha value is -3.60. The molecule has 3 aromatic carbocycles. The molecule has 0 fully saturated rings. The Bertz CT molecular complexity index is 969. The molecule has 0 aromatic heterocycles. The molecule has 5 nitrogen and oxygen atoms in total. The Morgan fingerprint density at radius 1 is 0.862 bits per heavy atom. The molecule has 0 saturated heterocycles. The van der Waals surface area contributed by atoms with E-state index in [1.165, 1.54) is 5.56 Å². The summed E-state index contributed by atoms with van der Waals surface area (Å²) in [7, 11) is 0. The Balaban J connectivity index is 1.67. The van der Waals surface area contributed by atoms with Crippen LogP contribution in [0.25, 0.3) is 0 Å². The highest BCUT2D eigenvalue weighted by atomic mass is 16.5. The molecule has 3 aromatic rings. The highest BCUT2D eigenvalue weighted by molar-refractivity contribution is 6.10. The lowest BCUT2D eigenvalue weighted by Gasteiger charge is -2.16. The number of rotatable bonds is 7. The SMILES string of the molecule is CCc1ccc(OC(C)C(=O)Nc2ccccc2C(=O)Nc2ccccc2)cc1. The third-order valence-corrected chi connectivity index (χ3v) is 4.47. The Morgan fingerprint density at radius 2 is 1.52 bits per heavy atom. The van der Waals surface area contributed by atoms with E-state index in [1.807, 2.05) is 42.5 Å². The maximum Gasteiger partial charge on any atom is 0.265 e. The minimum atomic E-state index is -0.715. The summed E-state index contributed by atoms with van der Waals surface area (Å²) in [5.74, 6) is 0.000288. The lowest BCUT2D eigenvalue weighted by atomic mass is 10.1. The number of hydrogen-bond donors (Lipinski definition) is 2. The predicted molar refractivity (Wildman–Crippen MR) is 115 cm³/mol. The first-order chi connectivity index (χ1) is 14.1. The van der Waals surface area contributed by atoms with Gasteiger partial charge in [-0.05, 0) is 55.3 Å². The summed E-state index contributed by atoms with van der Waals surface area (Å²) in [4.78, 5) is 25.2. The fourth-order valence-electron chi connectivity index (χ4n) is 2.81. The van der Waals surface area contributed by atoms with Gasteiger partial charge in [0.15, 0.2) is 6.10 Å². The van der Waals surface area contributed by atoms with Gasteiger partial charge in [0.1, 0.15) is 5.75 Å². The van der Waals surface area contributed by atoms with Crippen molar-refractivity contribution in [1.82, 2.24) is 0 Å². The number of ether oxygens (including phenoxy) is 1. The first-order valence-corrected chi connectivity index (χ1v) is 9.58. The van der Waals surface area contributed by atoms with Crippen molar-refractivity contribution in [2.75, 3.05) is 10.6 Å². The molecule has 0 heterocycles. The molecule has 148 valence electrons. The summed E-state index contributed by atoms with van der Waals surface area (Å²) in [5, 5.41) is 5.63. The van der Waals surface area contributed by atoms with Crippen molar-refractivity contribution in [3.63, 3.8) is 0 Å². The molecule has 2 amide bonds. The second-order valence-corrected chi connectivity index (χ2v) is 6.61. The van der Waals surface area contributed by atoms with E-state index in [4.69, 9.17) is 4.74 Å². The van der Waals surface area contributed by atoms with Crippen molar-refractivity contribution in [3.8, 4) is 5.75 Å². The van der Waals surface area contributed by atoms with E-state index in [2.05, 4.69) is 17.6 Å². The predicted octanol–water partition coefficient (Wildman–Crippen LogP) is 4.91. The van der Waals surface area contributed by atoms with Gasteiger partial charge in [0.2, 0.25) is 0 Å². The number of carbonyl (C=O) groups is 2. The zero-order chi connectivity index (χ0) is 20.6. The molecule has 3 rings (SSSR count). The Morgan fingerprint density at radius 3 is 2.21 bits per heavy atom. The molecule has 0 aliphatic rings. The number of benzene rings is 3. The van der Waals surface area contributed by atoms with Crippen LogP contribution in [-0.2, 0) is 11.2 Å². The van der Waals surface area contributed by atoms with Crippen LogP contribution in [-0.4, -0.2) is 17.9 Å². The van der Waals surface area contributed by atoms with E-state index in [-0.39, 0.29) is 11.8 Å². The van der Waals surface area contributed by atoms with Gasteiger partial charge in [-0.3, -0.25) is 9.59 Å². The van der Waals surface area contributed by atoms with E-state index in [0.29, 0.717) is 22.7 Å². The summed E-state index contributed by atoms with van der Waals surface area (Å²) >= 11 is 0. The average molecular weight is 388 g/mol. The second kappa shape index (κ2) is 9.55. The Labute approximate surface area is 170 Å². The quantitative estimate of drug-likeness (QED) is 0.604. The van der Waals surface area contributed by atoms with E-state index in [1.54, 1.807) is 43.3 Å². The minimum absolute atomic E-state index is 0.296. The highest BCUT2D eigenvalue weighted by Crippen LogP contribution is 2.19. The Kier molecular flexibility index (Phi) is 6.63. The summed E-state index contributed by atoms with van der Waals surface area (Å²) in [6.45, 7) is 3.76. The van der Waals surface area contributed by atoms with Gasteiger partial charge in [0.25, 0.3) is 11.8 Å². The third-order valence-electron chi connectivity index (χ3n) is 4.47. The molecule has 0 saturated carbocycles. The molecule has 0 aliphatic carbocycles. The van der Waals surface area contributed by atoms with Crippen molar-refractivity contribution < 1.29 is 14.3 Å². The molecule has 1 unspecified atom stereocenters. The number of nitrogens with one attached hydrogen (secondary N) is 2. The molecule has 0 radical (unpaired) electrons. The standard InChI is InChI=1S/C24H24N2O3/c1-3-18-13-15-20(16-14-18)29-17(2)23(27)26-22-12-8-7-11-21(22)24(28)25-19-9-5-4-6-10-19/h4-17H,3H2,1-2H3,(H,25,28)(H,26,27). The van der Waals surface area contributed by atoms with Crippen LogP contribution in [0.1, 0.15) is 29.8 Å². The molecule has 1 atom stereocenters. The number of para-hydroxylation sites is 2. The van der Waals surface area contributed by atoms with Crippen molar-refractivity contribution >= 4 is 23.2 Å². The van der Waals surface area contributed by atoms with Crippen LogP contribution >= 0.6 is 0 Å². The van der Waals surface area contributed by atoms with Crippen LogP contribution in [0, 0.1) is 0 Å². The molecule has 0 bridgehead atoms. The van der Waals surface area contributed by atoms with Crippen LogP contribution in [0.4, 0.5) is 11.4 Å². The van der Waals surface area contributed by atoms with Gasteiger partial charge in [-0.1, -0.05) is 49.4 Å². The van der Waals surface area contributed by atoms with E-state index in [0.717, 1.165) is 6.42 Å². The van der Waals surface area contributed by atoms with Crippen LogP contribution in [0.3, 0.4) is 0 Å². The number of hydrogen-bond acceptors (Lipinski definition) is 3. The second-order valence-electron chi connectivity index (χ2n) is 6.61. The lowest BCUT2D eigenvalue weighted by Crippen LogP contribution is -2.31. The fraction of sp³-hybridized carbons (Fsp3) is 0.167. The molecule has 5 heteroatoms. The van der Waals surface area contributed by atoms with Crippen molar-refractivity contribution in [3.05, 3.63) is 90.0 Å².